The van der Waals surface area contributed by atoms with Crippen LogP contribution in [0.5, 0.6) is 0 Å². The van der Waals surface area contributed by atoms with E-state index in [4.69, 9.17) is 0 Å². The Balaban J connectivity index is 1.86. The van der Waals surface area contributed by atoms with E-state index >= 15 is 0 Å². The highest BCUT2D eigenvalue weighted by Crippen LogP contribution is 2.41. The van der Waals surface area contributed by atoms with Crippen molar-refractivity contribution >= 4 is 5.69 Å². The maximum atomic E-state index is 14.3. The van der Waals surface area contributed by atoms with Crippen molar-refractivity contribution in [1.29, 1.82) is 0 Å². The van der Waals surface area contributed by atoms with Crippen LogP contribution in [0.25, 0.3) is 0 Å². The summed E-state index contributed by atoms with van der Waals surface area (Å²) < 4.78 is 14.3. The monoisotopic (exact) mass is 292 g/mol. The number of benzene rings is 1. The van der Waals surface area contributed by atoms with Crippen molar-refractivity contribution in [3.05, 3.63) is 29.6 Å². The first-order valence-corrected chi connectivity index (χ1v) is 8.15. The van der Waals surface area contributed by atoms with Crippen LogP contribution in [0.3, 0.4) is 0 Å². The van der Waals surface area contributed by atoms with Crippen LogP contribution >= 0.6 is 0 Å². The first-order chi connectivity index (χ1) is 10.2. The lowest BCUT2D eigenvalue weighted by atomic mass is 9.97. The molecular weight excluding hydrogens is 267 g/mol. The minimum absolute atomic E-state index is 0.123. The van der Waals surface area contributed by atoms with Gasteiger partial charge in [-0.2, -0.15) is 0 Å². The van der Waals surface area contributed by atoms with Crippen LogP contribution in [0.1, 0.15) is 44.6 Å². The van der Waals surface area contributed by atoms with Gasteiger partial charge in [0, 0.05) is 29.9 Å². The summed E-state index contributed by atoms with van der Waals surface area (Å²) in [5, 5.41) is 13.3. The SMILES string of the molecule is CCCNCc1c(F)cccc1N1C2CCC1CC(O)C2. The van der Waals surface area contributed by atoms with Gasteiger partial charge >= 0.3 is 0 Å². The Kier molecular flexibility index (Phi) is 4.45. The quantitative estimate of drug-likeness (QED) is 0.819. The molecule has 116 valence electrons. The molecule has 2 aliphatic rings. The first kappa shape index (κ1) is 14.8. The highest BCUT2D eigenvalue weighted by atomic mass is 19.1. The zero-order valence-electron chi connectivity index (χ0n) is 12.7. The molecule has 0 saturated carbocycles. The summed E-state index contributed by atoms with van der Waals surface area (Å²) >= 11 is 0. The number of piperidine rings is 1. The number of halogens is 1. The molecule has 0 amide bonds. The Morgan fingerprint density at radius 3 is 2.67 bits per heavy atom. The Bertz CT molecular complexity index is 480. The van der Waals surface area contributed by atoms with Crippen LogP contribution in [0.4, 0.5) is 10.1 Å². The lowest BCUT2D eigenvalue weighted by molar-refractivity contribution is 0.126. The number of anilines is 1. The molecule has 0 spiro atoms. The van der Waals surface area contributed by atoms with Gasteiger partial charge in [-0.1, -0.05) is 13.0 Å². The molecule has 2 bridgehead atoms. The fourth-order valence-electron chi connectivity index (χ4n) is 3.90. The molecule has 0 radical (unpaired) electrons. The standard InChI is InChI=1S/C17H25FN2O/c1-2-8-19-11-15-16(18)4-3-5-17(15)20-12-6-7-13(20)10-14(21)9-12/h3-5,12-14,19,21H,2,6-11H2,1H3. The number of aliphatic hydroxyl groups is 1. The van der Waals surface area contributed by atoms with Crippen molar-refractivity contribution in [3.8, 4) is 0 Å². The van der Waals surface area contributed by atoms with Gasteiger partial charge in [0.05, 0.1) is 6.10 Å². The largest absolute Gasteiger partial charge is 0.393 e. The van der Waals surface area contributed by atoms with E-state index < -0.39 is 0 Å². The molecule has 2 atom stereocenters. The van der Waals surface area contributed by atoms with Gasteiger partial charge in [0.1, 0.15) is 5.82 Å². The van der Waals surface area contributed by atoms with Gasteiger partial charge in [-0.15, -0.1) is 0 Å². The second kappa shape index (κ2) is 6.32. The third-order valence-corrected chi connectivity index (χ3v) is 4.81. The number of nitrogens with one attached hydrogen (secondary N) is 1. The van der Waals surface area contributed by atoms with Gasteiger partial charge in [-0.05, 0) is 50.8 Å². The molecule has 2 fully saturated rings. The third-order valence-electron chi connectivity index (χ3n) is 4.81. The van der Waals surface area contributed by atoms with Crippen molar-refractivity contribution in [3.63, 3.8) is 0 Å². The molecule has 2 aliphatic heterocycles. The van der Waals surface area contributed by atoms with Crippen LogP contribution in [0, 0.1) is 5.82 Å². The Morgan fingerprint density at radius 2 is 2.00 bits per heavy atom. The first-order valence-electron chi connectivity index (χ1n) is 8.15. The topological polar surface area (TPSA) is 35.5 Å². The predicted octanol–water partition coefficient (Wildman–Crippen LogP) is 2.82. The van der Waals surface area contributed by atoms with E-state index in [1.165, 1.54) is 0 Å². The van der Waals surface area contributed by atoms with E-state index in [2.05, 4.69) is 17.1 Å². The van der Waals surface area contributed by atoms with Crippen LogP contribution in [0.15, 0.2) is 18.2 Å². The summed E-state index contributed by atoms with van der Waals surface area (Å²) in [5.74, 6) is -0.123. The molecular formula is C17H25FN2O. The average molecular weight is 292 g/mol. The molecule has 0 aliphatic carbocycles. The normalized spacial score (nSPS) is 28.1. The van der Waals surface area contributed by atoms with Crippen molar-refractivity contribution in [2.45, 2.75) is 63.8 Å². The minimum atomic E-state index is -0.186. The van der Waals surface area contributed by atoms with Crippen molar-refractivity contribution in [2.24, 2.45) is 0 Å². The van der Waals surface area contributed by atoms with Crippen LogP contribution < -0.4 is 10.2 Å². The molecule has 3 nitrogen and oxygen atoms in total. The maximum absolute atomic E-state index is 14.3. The second-order valence-corrected chi connectivity index (χ2v) is 6.33. The van der Waals surface area contributed by atoms with Crippen molar-refractivity contribution in [2.75, 3.05) is 11.4 Å². The fraction of sp³-hybridized carbons (Fsp3) is 0.647. The summed E-state index contributed by atoms with van der Waals surface area (Å²) in [6.07, 6.45) is 4.71. The molecule has 2 heterocycles. The molecule has 3 rings (SSSR count). The summed E-state index contributed by atoms with van der Waals surface area (Å²) in [7, 11) is 0. The van der Waals surface area contributed by atoms with Gasteiger partial charge in [0.15, 0.2) is 0 Å². The number of hydrogen-bond acceptors (Lipinski definition) is 3. The Labute approximate surface area is 126 Å². The lowest BCUT2D eigenvalue weighted by Crippen LogP contribution is -2.45. The maximum Gasteiger partial charge on any atom is 0.129 e. The average Bonchev–Trinajstić information content (AvgIpc) is 2.72. The smallest absolute Gasteiger partial charge is 0.129 e. The third kappa shape index (κ3) is 2.92. The number of hydrogen-bond donors (Lipinski definition) is 2. The van der Waals surface area contributed by atoms with Gasteiger partial charge in [-0.3, -0.25) is 0 Å². The van der Waals surface area contributed by atoms with Gasteiger partial charge < -0.3 is 15.3 Å². The van der Waals surface area contributed by atoms with E-state index in [0.717, 1.165) is 49.9 Å². The van der Waals surface area contributed by atoms with Crippen LogP contribution in [-0.4, -0.2) is 29.8 Å². The van der Waals surface area contributed by atoms with E-state index in [1.54, 1.807) is 12.1 Å². The summed E-state index contributed by atoms with van der Waals surface area (Å²) in [4.78, 5) is 2.37. The Hall–Kier alpha value is -1.13. The molecule has 2 unspecified atom stereocenters. The van der Waals surface area contributed by atoms with Crippen LogP contribution in [-0.2, 0) is 6.54 Å². The zero-order chi connectivity index (χ0) is 14.8. The molecule has 1 aromatic carbocycles. The van der Waals surface area contributed by atoms with Gasteiger partial charge in [-0.25, -0.2) is 4.39 Å². The number of rotatable bonds is 5. The summed E-state index contributed by atoms with van der Waals surface area (Å²) in [6.45, 7) is 3.59. The molecule has 2 saturated heterocycles. The fourth-order valence-corrected chi connectivity index (χ4v) is 3.90. The highest BCUT2D eigenvalue weighted by molar-refractivity contribution is 5.57. The van der Waals surface area contributed by atoms with Crippen LogP contribution in [0.2, 0.25) is 0 Å². The number of fused-ring (bicyclic) bond motifs is 2. The lowest BCUT2D eigenvalue weighted by Gasteiger charge is -2.40. The van der Waals surface area contributed by atoms with E-state index in [0.29, 0.717) is 18.6 Å². The summed E-state index contributed by atoms with van der Waals surface area (Å²) in [6, 6.07) is 6.12. The van der Waals surface area contributed by atoms with E-state index in [9.17, 15) is 9.50 Å². The van der Waals surface area contributed by atoms with E-state index in [1.807, 2.05) is 6.07 Å². The molecule has 0 aromatic heterocycles. The number of nitrogens with zero attached hydrogens (tertiary/aromatic N) is 1. The van der Waals surface area contributed by atoms with Gasteiger partial charge in [0.25, 0.3) is 0 Å². The highest BCUT2D eigenvalue weighted by Gasteiger charge is 2.41. The summed E-state index contributed by atoms with van der Waals surface area (Å²) in [5.41, 5.74) is 1.80. The number of aliphatic hydroxyl groups excluding tert-OH is 1. The molecule has 1 aromatic rings. The molecule has 21 heavy (non-hydrogen) atoms. The van der Waals surface area contributed by atoms with Crippen molar-refractivity contribution in [1.82, 2.24) is 5.32 Å². The molecule has 2 N–H and O–H groups in total. The molecule has 4 heteroatoms. The minimum Gasteiger partial charge on any atom is -0.393 e. The van der Waals surface area contributed by atoms with E-state index in [-0.39, 0.29) is 11.9 Å². The second-order valence-electron chi connectivity index (χ2n) is 6.33. The van der Waals surface area contributed by atoms with Crippen molar-refractivity contribution < 1.29 is 9.50 Å². The Morgan fingerprint density at radius 1 is 1.29 bits per heavy atom. The van der Waals surface area contributed by atoms with Gasteiger partial charge in [0.2, 0.25) is 0 Å². The predicted molar refractivity (Wildman–Crippen MR) is 82.9 cm³/mol. The zero-order valence-corrected chi connectivity index (χ0v) is 12.7.